The molecule has 1 fully saturated rings. The minimum absolute atomic E-state index is 0.00385. The second-order valence-electron chi connectivity index (χ2n) is 11.4. The van der Waals surface area contributed by atoms with Gasteiger partial charge in [-0.2, -0.15) is 0 Å². The average Bonchev–Trinajstić information content (AvgIpc) is 3.13. The van der Waals surface area contributed by atoms with E-state index in [4.69, 9.17) is 23.7 Å². The molecule has 7 rings (SSSR count). The standard InChI is InChI=1S/C21H20O10.C15H10O5/c22-14-10-6-7-11(9-4-2-1-3-5-9)29-12(10)8-13(15(14)23)30-21-18(26)16(24)17(25)19(31-21)20(27)28;16-9-6-11(8-4-2-1-3-5-8)20-12-7-10(17)14(18)15(19)13(9)12/h1-5,7-8,16-19,21-26H,6H2,(H,27,28);1-7,17-19H. The molecule has 1 aromatic heterocycles. The fraction of sp³-hybridized carbons (Fsp3) is 0.167. The van der Waals surface area contributed by atoms with Crippen LogP contribution < -0.4 is 14.9 Å². The number of benzene rings is 4. The Bertz CT molecular complexity index is 2180. The summed E-state index contributed by atoms with van der Waals surface area (Å²) in [7, 11) is 0. The van der Waals surface area contributed by atoms with Crippen LogP contribution in [0.3, 0.4) is 0 Å². The van der Waals surface area contributed by atoms with Gasteiger partial charge in [-0.3, -0.25) is 4.79 Å². The number of phenols is 5. The Labute approximate surface area is 286 Å². The molecule has 2 aliphatic rings. The number of aliphatic carboxylic acids is 1. The molecule has 5 atom stereocenters. The van der Waals surface area contributed by atoms with Crippen molar-refractivity contribution in [2.24, 2.45) is 0 Å². The van der Waals surface area contributed by atoms with E-state index < -0.39 is 70.9 Å². The number of phenolic OH excluding ortho intramolecular Hbond substituents is 5. The van der Waals surface area contributed by atoms with E-state index in [1.807, 2.05) is 36.4 Å². The molecule has 0 aliphatic carbocycles. The Morgan fingerprint density at radius 1 is 0.745 bits per heavy atom. The summed E-state index contributed by atoms with van der Waals surface area (Å²) in [6.45, 7) is 0. The van der Waals surface area contributed by atoms with Crippen molar-refractivity contribution in [1.82, 2.24) is 0 Å². The summed E-state index contributed by atoms with van der Waals surface area (Å²) in [6, 6.07) is 21.7. The van der Waals surface area contributed by atoms with E-state index in [2.05, 4.69) is 0 Å². The van der Waals surface area contributed by atoms with Gasteiger partial charge >= 0.3 is 5.97 Å². The summed E-state index contributed by atoms with van der Waals surface area (Å²) in [5.74, 6) is -4.12. The molecule has 5 aromatic rings. The van der Waals surface area contributed by atoms with Gasteiger partial charge in [0.1, 0.15) is 46.6 Å². The number of hydrogen-bond acceptors (Lipinski definition) is 14. The van der Waals surface area contributed by atoms with Gasteiger partial charge in [0, 0.05) is 41.3 Å². The van der Waals surface area contributed by atoms with Gasteiger partial charge in [-0.15, -0.1) is 0 Å². The summed E-state index contributed by atoms with van der Waals surface area (Å²) in [5.41, 5.74) is 1.28. The largest absolute Gasteiger partial charge is 0.504 e. The quantitative estimate of drug-likeness (QED) is 0.119. The van der Waals surface area contributed by atoms with Crippen molar-refractivity contribution in [3.63, 3.8) is 0 Å². The molecule has 264 valence electrons. The minimum atomic E-state index is -1.89. The van der Waals surface area contributed by atoms with E-state index >= 15 is 0 Å². The van der Waals surface area contributed by atoms with Crippen LogP contribution in [0.1, 0.15) is 11.1 Å². The predicted molar refractivity (Wildman–Crippen MR) is 176 cm³/mol. The second kappa shape index (κ2) is 13.9. The van der Waals surface area contributed by atoms with Crippen LogP contribution in [-0.2, 0) is 16.0 Å². The molecule has 2 aliphatic heterocycles. The molecule has 9 N–H and O–H groups in total. The number of rotatable bonds is 5. The van der Waals surface area contributed by atoms with Crippen LogP contribution in [0, 0.1) is 0 Å². The number of ether oxygens (including phenoxy) is 3. The monoisotopic (exact) mass is 702 g/mol. The molecule has 51 heavy (non-hydrogen) atoms. The first kappa shape index (κ1) is 34.6. The van der Waals surface area contributed by atoms with Gasteiger partial charge in [0.15, 0.2) is 34.5 Å². The lowest BCUT2D eigenvalue weighted by Gasteiger charge is -2.38. The number of allylic oxidation sites excluding steroid dienone is 1. The molecule has 0 bridgehead atoms. The lowest BCUT2D eigenvalue weighted by molar-refractivity contribution is -0.271. The van der Waals surface area contributed by atoms with Crippen LogP contribution in [-0.4, -0.2) is 82.6 Å². The van der Waals surface area contributed by atoms with Gasteiger partial charge < -0.3 is 64.6 Å². The van der Waals surface area contributed by atoms with E-state index in [0.29, 0.717) is 22.6 Å². The van der Waals surface area contributed by atoms with Crippen molar-refractivity contribution < 1.29 is 69.4 Å². The molecule has 15 heteroatoms. The first-order valence-corrected chi connectivity index (χ1v) is 15.2. The van der Waals surface area contributed by atoms with Crippen LogP contribution >= 0.6 is 0 Å². The average molecular weight is 703 g/mol. The summed E-state index contributed by atoms with van der Waals surface area (Å²) < 4.78 is 21.8. The maximum Gasteiger partial charge on any atom is 0.335 e. The third-order valence-electron chi connectivity index (χ3n) is 8.13. The Hall–Kier alpha value is -6.26. The zero-order chi connectivity index (χ0) is 36.6. The SMILES string of the molecule is O=C(O)C1OC(Oc2cc3c(c(O)c2O)CC=C(c2ccccc2)O3)C(O)C(O)C1O.O=c1cc(-c2ccccc2)oc2cc(O)c(O)c(O)c12. The fourth-order valence-corrected chi connectivity index (χ4v) is 5.46. The number of carboxylic acid groups (broad SMARTS) is 1. The Balaban J connectivity index is 0.000000193. The van der Waals surface area contributed by atoms with E-state index in [0.717, 1.165) is 11.6 Å². The van der Waals surface area contributed by atoms with Crippen LogP contribution in [0.2, 0.25) is 0 Å². The molecule has 4 aromatic carbocycles. The molecular formula is C36H30O15. The molecule has 5 unspecified atom stereocenters. The third-order valence-corrected chi connectivity index (χ3v) is 8.13. The highest BCUT2D eigenvalue weighted by molar-refractivity contribution is 5.89. The minimum Gasteiger partial charge on any atom is -0.504 e. The topological polar surface area (TPSA) is 257 Å². The third kappa shape index (κ3) is 6.69. The van der Waals surface area contributed by atoms with Crippen LogP contribution in [0.15, 0.2) is 94.2 Å². The van der Waals surface area contributed by atoms with Gasteiger partial charge in [0.25, 0.3) is 0 Å². The van der Waals surface area contributed by atoms with Crippen LogP contribution in [0.5, 0.6) is 40.2 Å². The number of aromatic hydroxyl groups is 5. The summed E-state index contributed by atoms with van der Waals surface area (Å²) >= 11 is 0. The Morgan fingerprint density at radius 2 is 1.39 bits per heavy atom. The van der Waals surface area contributed by atoms with Crippen molar-refractivity contribution in [2.45, 2.75) is 37.1 Å². The molecule has 1 saturated heterocycles. The molecule has 0 saturated carbocycles. The van der Waals surface area contributed by atoms with Crippen molar-refractivity contribution in [2.75, 3.05) is 0 Å². The zero-order valence-corrected chi connectivity index (χ0v) is 26.2. The summed E-state index contributed by atoms with van der Waals surface area (Å²) in [6.07, 6.45) is -7.23. The molecule has 3 heterocycles. The fourth-order valence-electron chi connectivity index (χ4n) is 5.46. The van der Waals surface area contributed by atoms with Gasteiger partial charge in [-0.05, 0) is 6.08 Å². The summed E-state index contributed by atoms with van der Waals surface area (Å²) in [4.78, 5) is 23.3. The lowest BCUT2D eigenvalue weighted by Crippen LogP contribution is -2.61. The number of hydrogen-bond donors (Lipinski definition) is 9. The second-order valence-corrected chi connectivity index (χ2v) is 11.4. The van der Waals surface area contributed by atoms with Crippen molar-refractivity contribution in [1.29, 1.82) is 0 Å². The van der Waals surface area contributed by atoms with E-state index in [-0.39, 0.29) is 28.9 Å². The molecule has 0 radical (unpaired) electrons. The van der Waals surface area contributed by atoms with E-state index in [1.165, 1.54) is 12.1 Å². The smallest absolute Gasteiger partial charge is 0.335 e. The van der Waals surface area contributed by atoms with Gasteiger partial charge in [-0.1, -0.05) is 60.7 Å². The van der Waals surface area contributed by atoms with Gasteiger partial charge in [0.2, 0.25) is 17.8 Å². The van der Waals surface area contributed by atoms with E-state index in [9.17, 15) is 50.4 Å². The van der Waals surface area contributed by atoms with Crippen LogP contribution in [0.25, 0.3) is 28.1 Å². The number of carbonyl (C=O) groups is 1. The number of fused-ring (bicyclic) bond motifs is 2. The first-order chi connectivity index (χ1) is 24.3. The van der Waals surface area contributed by atoms with Crippen molar-refractivity contribution >= 4 is 22.7 Å². The van der Waals surface area contributed by atoms with Crippen LogP contribution in [0.4, 0.5) is 0 Å². The van der Waals surface area contributed by atoms with Crippen molar-refractivity contribution in [3.8, 4) is 51.6 Å². The zero-order valence-electron chi connectivity index (χ0n) is 26.2. The number of carboxylic acids is 1. The van der Waals surface area contributed by atoms with E-state index in [1.54, 1.807) is 30.3 Å². The normalized spacial score (nSPS) is 21.0. The maximum atomic E-state index is 12.0. The highest BCUT2D eigenvalue weighted by Crippen LogP contribution is 2.47. The molecular weight excluding hydrogens is 672 g/mol. The highest BCUT2D eigenvalue weighted by Gasteiger charge is 2.48. The Morgan fingerprint density at radius 3 is 2.04 bits per heavy atom. The lowest BCUT2D eigenvalue weighted by atomic mass is 9.99. The van der Waals surface area contributed by atoms with Gasteiger partial charge in [-0.25, -0.2) is 4.79 Å². The first-order valence-electron chi connectivity index (χ1n) is 15.2. The summed E-state index contributed by atoms with van der Waals surface area (Å²) in [5, 5.41) is 88.1. The van der Waals surface area contributed by atoms with Gasteiger partial charge in [0.05, 0.1) is 0 Å². The molecule has 0 spiro atoms. The van der Waals surface area contributed by atoms with Crippen molar-refractivity contribution in [3.05, 3.63) is 106 Å². The number of aliphatic hydroxyl groups is 3. The predicted octanol–water partition coefficient (Wildman–Crippen LogP) is 2.92. The maximum absolute atomic E-state index is 12.0. The molecule has 0 amide bonds. The highest BCUT2D eigenvalue weighted by atomic mass is 16.7. The number of aliphatic hydroxyl groups excluding tert-OH is 3. The molecule has 15 nitrogen and oxygen atoms in total. The Kier molecular flexibility index (Phi) is 9.45.